The predicted octanol–water partition coefficient (Wildman–Crippen LogP) is 2.24. The highest BCUT2D eigenvalue weighted by Gasteiger charge is 2.30. The van der Waals surface area contributed by atoms with Gasteiger partial charge in [-0.05, 0) is 12.8 Å². The molecule has 1 aliphatic carbocycles. The number of Topliss-reactive ketones (excluding diaryl/α,β-unsaturated/α-hetero) is 2. The summed E-state index contributed by atoms with van der Waals surface area (Å²) in [6.07, 6.45) is 2.02. The normalized spacial score (nSPS) is 15.1. The van der Waals surface area contributed by atoms with E-state index in [9.17, 15) is 9.59 Å². The second-order valence-corrected chi connectivity index (χ2v) is 3.71. The summed E-state index contributed by atoms with van der Waals surface area (Å²) in [5, 5.41) is 0. The largest absolute Gasteiger partial charge is 0.299 e. The van der Waals surface area contributed by atoms with Crippen LogP contribution in [0.4, 0.5) is 0 Å². The Morgan fingerprint density at radius 3 is 2.36 bits per heavy atom. The van der Waals surface area contributed by atoms with E-state index < -0.39 is 0 Å². The zero-order valence-corrected chi connectivity index (χ0v) is 7.90. The Kier molecular flexibility index (Phi) is 2.44. The third-order valence-corrected chi connectivity index (χ3v) is 2.46. The molecule has 72 valence electrons. The molecule has 0 N–H and O–H groups in total. The Morgan fingerprint density at radius 2 is 1.79 bits per heavy atom. The van der Waals surface area contributed by atoms with Crippen molar-refractivity contribution in [1.82, 2.24) is 0 Å². The van der Waals surface area contributed by atoms with Crippen LogP contribution in [0.2, 0.25) is 0 Å². The molecule has 1 aliphatic rings. The molecular formula is C12H12O2. The molecule has 2 heteroatoms. The van der Waals surface area contributed by atoms with Crippen LogP contribution in [0, 0.1) is 5.92 Å². The number of ketones is 2. The molecule has 2 nitrogen and oxygen atoms in total. The van der Waals surface area contributed by atoms with E-state index in [1.54, 1.807) is 12.1 Å². The van der Waals surface area contributed by atoms with E-state index in [-0.39, 0.29) is 23.9 Å². The molecule has 14 heavy (non-hydrogen) atoms. The standard InChI is InChI=1S/C12H12O2/c13-11(8-12(14)10-6-7-10)9-4-2-1-3-5-9/h1-5,10H,6-8H2. The Labute approximate surface area is 82.9 Å². The van der Waals surface area contributed by atoms with Gasteiger partial charge in [0.1, 0.15) is 5.78 Å². The van der Waals surface area contributed by atoms with Gasteiger partial charge < -0.3 is 0 Å². The van der Waals surface area contributed by atoms with Crippen LogP contribution in [0.3, 0.4) is 0 Å². The van der Waals surface area contributed by atoms with Crippen molar-refractivity contribution in [3.63, 3.8) is 0 Å². The van der Waals surface area contributed by atoms with Gasteiger partial charge in [-0.1, -0.05) is 30.3 Å². The first-order valence-corrected chi connectivity index (χ1v) is 4.88. The molecule has 0 radical (unpaired) electrons. The van der Waals surface area contributed by atoms with Crippen molar-refractivity contribution in [3.05, 3.63) is 35.9 Å². The minimum atomic E-state index is -0.0532. The lowest BCUT2D eigenvalue weighted by Crippen LogP contribution is -2.09. The highest BCUT2D eigenvalue weighted by Crippen LogP contribution is 2.31. The predicted molar refractivity (Wildman–Crippen MR) is 53.1 cm³/mol. The van der Waals surface area contributed by atoms with Crippen molar-refractivity contribution >= 4 is 11.6 Å². The van der Waals surface area contributed by atoms with E-state index in [0.717, 1.165) is 12.8 Å². The summed E-state index contributed by atoms with van der Waals surface area (Å²) < 4.78 is 0. The first kappa shape index (κ1) is 9.13. The molecule has 1 saturated carbocycles. The fourth-order valence-corrected chi connectivity index (χ4v) is 1.43. The second kappa shape index (κ2) is 3.74. The fraction of sp³-hybridized carbons (Fsp3) is 0.333. The van der Waals surface area contributed by atoms with Crippen LogP contribution in [0.5, 0.6) is 0 Å². The number of carbonyl (C=O) groups excluding carboxylic acids is 2. The summed E-state index contributed by atoms with van der Waals surface area (Å²) in [5.41, 5.74) is 0.640. The molecule has 1 aromatic rings. The highest BCUT2D eigenvalue weighted by atomic mass is 16.1. The van der Waals surface area contributed by atoms with E-state index in [4.69, 9.17) is 0 Å². The van der Waals surface area contributed by atoms with Gasteiger partial charge in [0.2, 0.25) is 0 Å². The molecule has 0 heterocycles. The van der Waals surface area contributed by atoms with Gasteiger partial charge in [-0.15, -0.1) is 0 Å². The summed E-state index contributed by atoms with van der Waals surface area (Å²) in [5.74, 6) is 0.240. The monoisotopic (exact) mass is 188 g/mol. The van der Waals surface area contributed by atoms with Gasteiger partial charge in [0, 0.05) is 11.5 Å². The smallest absolute Gasteiger partial charge is 0.170 e. The van der Waals surface area contributed by atoms with Crippen molar-refractivity contribution in [2.24, 2.45) is 5.92 Å². The number of rotatable bonds is 4. The van der Waals surface area contributed by atoms with Crippen molar-refractivity contribution in [1.29, 1.82) is 0 Å². The highest BCUT2D eigenvalue weighted by molar-refractivity contribution is 6.08. The zero-order chi connectivity index (χ0) is 9.97. The molecule has 0 unspecified atom stereocenters. The molecule has 0 amide bonds. The lowest BCUT2D eigenvalue weighted by Gasteiger charge is -1.98. The number of benzene rings is 1. The van der Waals surface area contributed by atoms with E-state index >= 15 is 0 Å². The van der Waals surface area contributed by atoms with Gasteiger partial charge >= 0.3 is 0 Å². The average molecular weight is 188 g/mol. The summed E-state index contributed by atoms with van der Waals surface area (Å²) >= 11 is 0. The van der Waals surface area contributed by atoms with E-state index in [0.29, 0.717) is 5.56 Å². The molecule has 0 aliphatic heterocycles. The van der Waals surface area contributed by atoms with Gasteiger partial charge in [0.15, 0.2) is 5.78 Å². The molecular weight excluding hydrogens is 176 g/mol. The first-order chi connectivity index (χ1) is 6.77. The van der Waals surface area contributed by atoms with Crippen molar-refractivity contribution < 1.29 is 9.59 Å². The lowest BCUT2D eigenvalue weighted by molar-refractivity contribution is -0.119. The van der Waals surface area contributed by atoms with Crippen LogP contribution in [-0.4, -0.2) is 11.6 Å². The lowest BCUT2D eigenvalue weighted by atomic mass is 10.0. The van der Waals surface area contributed by atoms with Crippen LogP contribution >= 0.6 is 0 Å². The third-order valence-electron chi connectivity index (χ3n) is 2.46. The van der Waals surface area contributed by atoms with Crippen LogP contribution < -0.4 is 0 Å². The summed E-state index contributed by atoms with van der Waals surface area (Å²) in [6, 6.07) is 8.99. The van der Waals surface area contributed by atoms with Gasteiger partial charge in [0.25, 0.3) is 0 Å². The second-order valence-electron chi connectivity index (χ2n) is 3.71. The van der Waals surface area contributed by atoms with Crippen LogP contribution in [0.15, 0.2) is 30.3 Å². The Hall–Kier alpha value is -1.44. The van der Waals surface area contributed by atoms with E-state index in [1.165, 1.54) is 0 Å². The maximum Gasteiger partial charge on any atom is 0.170 e. The van der Waals surface area contributed by atoms with E-state index in [2.05, 4.69) is 0 Å². The maximum atomic E-state index is 11.6. The quantitative estimate of drug-likeness (QED) is 0.536. The van der Waals surface area contributed by atoms with Gasteiger partial charge in [0.05, 0.1) is 6.42 Å². The van der Waals surface area contributed by atoms with Gasteiger partial charge in [-0.3, -0.25) is 9.59 Å². The molecule has 0 bridgehead atoms. The maximum absolute atomic E-state index is 11.6. The number of carbonyl (C=O) groups is 2. The Balaban J connectivity index is 1.98. The summed E-state index contributed by atoms with van der Waals surface area (Å²) in [4.78, 5) is 22.9. The summed E-state index contributed by atoms with van der Waals surface area (Å²) in [7, 11) is 0. The van der Waals surface area contributed by atoms with Gasteiger partial charge in [-0.2, -0.15) is 0 Å². The van der Waals surface area contributed by atoms with E-state index in [1.807, 2.05) is 18.2 Å². The summed E-state index contributed by atoms with van der Waals surface area (Å²) in [6.45, 7) is 0. The molecule has 1 fully saturated rings. The molecule has 0 atom stereocenters. The molecule has 0 spiro atoms. The Bertz CT molecular complexity index is 350. The fourth-order valence-electron chi connectivity index (χ4n) is 1.43. The minimum absolute atomic E-state index is 0.0532. The third kappa shape index (κ3) is 2.08. The minimum Gasteiger partial charge on any atom is -0.299 e. The molecule has 2 rings (SSSR count). The first-order valence-electron chi connectivity index (χ1n) is 4.88. The van der Waals surface area contributed by atoms with Crippen molar-refractivity contribution in [2.45, 2.75) is 19.3 Å². The molecule has 0 aromatic heterocycles. The van der Waals surface area contributed by atoms with Crippen molar-refractivity contribution in [2.75, 3.05) is 0 Å². The van der Waals surface area contributed by atoms with Crippen LogP contribution in [0.1, 0.15) is 29.6 Å². The average Bonchev–Trinajstić information content (AvgIpc) is 3.02. The molecule has 0 saturated heterocycles. The zero-order valence-electron chi connectivity index (χ0n) is 7.90. The SMILES string of the molecule is O=C(CC(=O)C1CC1)c1ccccc1. The Morgan fingerprint density at radius 1 is 1.14 bits per heavy atom. The van der Waals surface area contributed by atoms with Crippen molar-refractivity contribution in [3.8, 4) is 0 Å². The van der Waals surface area contributed by atoms with Crippen LogP contribution in [-0.2, 0) is 4.79 Å². The number of hydrogen-bond donors (Lipinski definition) is 0. The van der Waals surface area contributed by atoms with Crippen LogP contribution in [0.25, 0.3) is 0 Å². The topological polar surface area (TPSA) is 34.1 Å². The van der Waals surface area contributed by atoms with Gasteiger partial charge in [-0.25, -0.2) is 0 Å². The number of hydrogen-bond acceptors (Lipinski definition) is 2. The molecule has 1 aromatic carbocycles.